The van der Waals surface area contributed by atoms with Gasteiger partial charge >= 0.3 is 0 Å². The van der Waals surface area contributed by atoms with E-state index in [9.17, 15) is 0 Å². The van der Waals surface area contributed by atoms with Crippen molar-refractivity contribution >= 4 is 11.4 Å². The Balaban J connectivity index is 1.32. The summed E-state index contributed by atoms with van der Waals surface area (Å²) in [6.07, 6.45) is 5.80. The van der Waals surface area contributed by atoms with Gasteiger partial charge in [0.15, 0.2) is 5.60 Å². The minimum Gasteiger partial charge on any atom is -0.388 e. The van der Waals surface area contributed by atoms with Gasteiger partial charge < -0.3 is 10.3 Å². The number of hydrazone groups is 1. The summed E-state index contributed by atoms with van der Waals surface area (Å²) >= 11 is 0. The highest BCUT2D eigenvalue weighted by atomic mass is 16.7. The summed E-state index contributed by atoms with van der Waals surface area (Å²) in [5, 5.41) is 9.17. The Bertz CT molecular complexity index is 764. The summed E-state index contributed by atoms with van der Waals surface area (Å²) < 4.78 is 0. The van der Waals surface area contributed by atoms with Gasteiger partial charge in [-0.2, -0.15) is 5.10 Å². The Morgan fingerprint density at radius 2 is 1.84 bits per heavy atom. The molecule has 4 heteroatoms. The molecule has 2 unspecified atom stereocenters. The first-order chi connectivity index (χ1) is 12.0. The van der Waals surface area contributed by atoms with Crippen molar-refractivity contribution in [3.63, 3.8) is 0 Å². The molecule has 2 saturated carbocycles. The van der Waals surface area contributed by atoms with Crippen LogP contribution < -0.4 is 5.43 Å². The number of hydrogen-bond acceptors (Lipinski definition) is 4. The van der Waals surface area contributed by atoms with Crippen LogP contribution in [0.2, 0.25) is 0 Å². The van der Waals surface area contributed by atoms with Gasteiger partial charge in [-0.15, -0.1) is 0 Å². The summed E-state index contributed by atoms with van der Waals surface area (Å²) in [5.41, 5.74) is 8.17. The van der Waals surface area contributed by atoms with Crippen LogP contribution in [0.15, 0.2) is 34.5 Å². The molecule has 0 radical (unpaired) electrons. The molecular weight excluding hydrogens is 310 g/mol. The highest BCUT2D eigenvalue weighted by Crippen LogP contribution is 2.65. The Hall–Kier alpha value is -1.84. The molecule has 2 fully saturated rings. The van der Waals surface area contributed by atoms with Gasteiger partial charge in [0.05, 0.1) is 11.8 Å². The van der Waals surface area contributed by atoms with E-state index < -0.39 is 0 Å². The first-order valence-electron chi connectivity index (χ1n) is 9.64. The third-order valence-corrected chi connectivity index (χ3v) is 7.52. The van der Waals surface area contributed by atoms with Crippen molar-refractivity contribution in [1.29, 1.82) is 0 Å². The molecule has 1 aromatic rings. The van der Waals surface area contributed by atoms with Crippen molar-refractivity contribution in [3.05, 3.63) is 35.4 Å². The molecule has 2 heterocycles. The Kier molecular flexibility index (Phi) is 3.14. The van der Waals surface area contributed by atoms with Crippen LogP contribution in [0, 0.1) is 24.2 Å². The van der Waals surface area contributed by atoms with Gasteiger partial charge in [-0.25, -0.2) is 0 Å². The molecule has 1 aromatic carbocycles. The molecule has 4 atom stereocenters. The van der Waals surface area contributed by atoms with Crippen LogP contribution in [0.1, 0.15) is 63.1 Å². The van der Waals surface area contributed by atoms with Gasteiger partial charge in [0.2, 0.25) is 0 Å². The van der Waals surface area contributed by atoms with Gasteiger partial charge in [-0.1, -0.05) is 48.8 Å². The number of nitrogens with zero attached hydrogens (tertiary/aromatic N) is 2. The quantitative estimate of drug-likeness (QED) is 0.872. The van der Waals surface area contributed by atoms with Crippen molar-refractivity contribution in [3.8, 4) is 0 Å². The number of nitrogens with one attached hydrogen (secondary N) is 1. The van der Waals surface area contributed by atoms with Crippen molar-refractivity contribution in [1.82, 2.24) is 5.43 Å². The predicted molar refractivity (Wildman–Crippen MR) is 99.6 cm³/mol. The van der Waals surface area contributed by atoms with Gasteiger partial charge in [-0.3, -0.25) is 0 Å². The van der Waals surface area contributed by atoms with Crippen molar-refractivity contribution in [2.24, 2.45) is 27.5 Å². The summed E-state index contributed by atoms with van der Waals surface area (Å²) in [5.74, 6) is 1.45. The van der Waals surface area contributed by atoms with E-state index in [2.05, 4.69) is 60.7 Å². The summed E-state index contributed by atoms with van der Waals surface area (Å²) in [4.78, 5) is 6.21. The first kappa shape index (κ1) is 15.4. The van der Waals surface area contributed by atoms with Crippen LogP contribution in [0.3, 0.4) is 0 Å². The topological polar surface area (TPSA) is 46.0 Å². The maximum atomic E-state index is 6.21. The molecule has 2 aliphatic carbocycles. The number of hydrogen-bond donors (Lipinski definition) is 1. The fourth-order valence-electron chi connectivity index (χ4n) is 5.71. The fraction of sp³-hybridized carbons (Fsp3) is 0.619. The zero-order valence-corrected chi connectivity index (χ0v) is 15.4. The van der Waals surface area contributed by atoms with Gasteiger partial charge in [0.25, 0.3) is 0 Å². The number of aryl methyl sites for hydroxylation is 1. The average molecular weight is 337 g/mol. The number of oxime groups is 1. The minimum atomic E-state index is -0.0876. The monoisotopic (exact) mass is 337 g/mol. The molecule has 0 saturated heterocycles. The number of fused-ring (bicyclic) bond motifs is 3. The molecule has 2 bridgehead atoms. The van der Waals surface area contributed by atoms with Crippen molar-refractivity contribution < 1.29 is 4.84 Å². The lowest BCUT2D eigenvalue weighted by atomic mass is 9.63. The van der Waals surface area contributed by atoms with E-state index in [-0.39, 0.29) is 17.1 Å². The fourth-order valence-corrected chi connectivity index (χ4v) is 5.71. The van der Waals surface area contributed by atoms with Crippen LogP contribution in [0.5, 0.6) is 0 Å². The smallest absolute Gasteiger partial charge is 0.151 e. The van der Waals surface area contributed by atoms with E-state index in [1.165, 1.54) is 30.4 Å². The highest BCUT2D eigenvalue weighted by Gasteiger charge is 2.67. The first-order valence-corrected chi connectivity index (χ1v) is 9.64. The van der Waals surface area contributed by atoms with Crippen molar-refractivity contribution in [2.45, 2.75) is 64.5 Å². The Morgan fingerprint density at radius 1 is 1.08 bits per heavy atom. The van der Waals surface area contributed by atoms with E-state index in [1.54, 1.807) is 0 Å². The van der Waals surface area contributed by atoms with Crippen molar-refractivity contribution in [2.75, 3.05) is 0 Å². The summed E-state index contributed by atoms with van der Waals surface area (Å²) in [6.45, 7) is 6.90. The number of rotatable bonds is 2. The molecule has 5 rings (SSSR count). The lowest BCUT2D eigenvalue weighted by Gasteiger charge is -2.44. The second kappa shape index (κ2) is 5.09. The minimum absolute atomic E-state index is 0.0876. The van der Waals surface area contributed by atoms with E-state index in [4.69, 9.17) is 4.84 Å². The largest absolute Gasteiger partial charge is 0.388 e. The Labute approximate surface area is 149 Å². The molecule has 1 N–H and O–H groups in total. The molecule has 2 aliphatic heterocycles. The van der Waals surface area contributed by atoms with E-state index in [1.807, 2.05) is 0 Å². The lowest BCUT2D eigenvalue weighted by molar-refractivity contribution is -0.135. The second-order valence-electron chi connectivity index (χ2n) is 8.98. The molecular formula is C21H27N3O. The van der Waals surface area contributed by atoms with E-state index in [0.717, 1.165) is 30.2 Å². The molecule has 25 heavy (non-hydrogen) atoms. The molecule has 4 aliphatic rings. The maximum absolute atomic E-state index is 6.21. The van der Waals surface area contributed by atoms with Crippen LogP contribution in [0.4, 0.5) is 0 Å². The predicted octanol–water partition coefficient (Wildman–Crippen LogP) is 4.36. The standard InChI is InChI=1S/C21H27N3O/c1-13-4-6-14(7-5-13)17-11-18(23-22-17)19-12-21(25-24-19)16-9-8-15(10-16)20(21,2)3/h4-7,15-17,22H,8-12H2,1-3H3/t15-,16+,17?,21?/m1/s1. The van der Waals surface area contributed by atoms with Gasteiger partial charge in [0, 0.05) is 24.2 Å². The lowest BCUT2D eigenvalue weighted by Crippen LogP contribution is -2.49. The van der Waals surface area contributed by atoms with Crippen LogP contribution in [0.25, 0.3) is 0 Å². The maximum Gasteiger partial charge on any atom is 0.151 e. The second-order valence-corrected chi connectivity index (χ2v) is 8.98. The highest BCUT2D eigenvalue weighted by molar-refractivity contribution is 6.43. The van der Waals surface area contributed by atoms with Crippen LogP contribution >= 0.6 is 0 Å². The zero-order chi connectivity index (χ0) is 17.2. The normalized spacial score (nSPS) is 37.8. The van der Waals surface area contributed by atoms with E-state index in [0.29, 0.717) is 5.92 Å². The number of benzene rings is 1. The molecule has 4 nitrogen and oxygen atoms in total. The summed E-state index contributed by atoms with van der Waals surface area (Å²) in [6, 6.07) is 8.97. The molecule has 1 spiro atoms. The molecule has 132 valence electrons. The van der Waals surface area contributed by atoms with Crippen LogP contribution in [-0.4, -0.2) is 17.0 Å². The molecule has 0 aromatic heterocycles. The van der Waals surface area contributed by atoms with Gasteiger partial charge in [-0.05, 0) is 37.7 Å². The SMILES string of the molecule is Cc1ccc(C2CC(C3=NOC4(C3)[C@H]3CC[C@H](C3)C4(C)C)=NN2)cc1. The van der Waals surface area contributed by atoms with E-state index >= 15 is 0 Å². The average Bonchev–Trinajstić information content (AvgIpc) is 3.35. The van der Waals surface area contributed by atoms with Crippen LogP contribution in [-0.2, 0) is 4.84 Å². The third kappa shape index (κ3) is 2.06. The van der Waals surface area contributed by atoms with Gasteiger partial charge in [0.1, 0.15) is 5.71 Å². The summed E-state index contributed by atoms with van der Waals surface area (Å²) in [7, 11) is 0. The Morgan fingerprint density at radius 3 is 2.56 bits per heavy atom. The molecule has 0 amide bonds. The third-order valence-electron chi connectivity index (χ3n) is 7.52. The zero-order valence-electron chi connectivity index (χ0n) is 15.4.